The molecular weight excluding hydrogens is 651 g/mol. The summed E-state index contributed by atoms with van der Waals surface area (Å²) >= 11 is 0. The molecule has 0 unspecified atom stereocenters. The normalized spacial score (nSPS) is 11.4. The first-order chi connectivity index (χ1) is 26.2. The summed E-state index contributed by atoms with van der Waals surface area (Å²) in [6.45, 7) is 0. The molecule has 53 heavy (non-hydrogen) atoms. The van der Waals surface area contributed by atoms with Crippen LogP contribution < -0.4 is 0 Å². The molecule has 0 fully saturated rings. The highest BCUT2D eigenvalue weighted by Gasteiger charge is 2.18. The van der Waals surface area contributed by atoms with Crippen molar-refractivity contribution in [1.82, 2.24) is 24.9 Å². The van der Waals surface area contributed by atoms with E-state index in [1.807, 2.05) is 133 Å². The van der Waals surface area contributed by atoms with Gasteiger partial charge in [0.2, 0.25) is 0 Å². The summed E-state index contributed by atoms with van der Waals surface area (Å²) in [5.74, 6) is 2.53. The SMILES string of the molecule is c1ccc(-c2nc(-c3ccccc3)nc(-c3ccc4oc5cccc(-c6ccc7nc(-c8ccccc8)nc(-c8ccccc8)c7c6)c5c4c3)n2)cc1. The van der Waals surface area contributed by atoms with Gasteiger partial charge in [-0.25, -0.2) is 24.9 Å². The van der Waals surface area contributed by atoms with Gasteiger partial charge >= 0.3 is 0 Å². The second-order valence-corrected chi connectivity index (χ2v) is 12.9. The number of benzene rings is 7. The number of aromatic nitrogens is 5. The first-order valence-electron chi connectivity index (χ1n) is 17.5. The minimum atomic E-state index is 0.594. The number of fused-ring (bicyclic) bond motifs is 4. The molecular formula is C47H29N5O. The lowest BCUT2D eigenvalue weighted by molar-refractivity contribution is 0.669. The van der Waals surface area contributed by atoms with Gasteiger partial charge in [0, 0.05) is 44.0 Å². The van der Waals surface area contributed by atoms with Crippen LogP contribution in [0.4, 0.5) is 0 Å². The first-order valence-corrected chi connectivity index (χ1v) is 17.5. The standard InChI is InChI=1S/C47H29N5O/c1-5-14-30(15-6-1)43-37-28-34(24-26-39(37)48-44(49-43)31-16-7-2-8-17-31)36-22-13-23-41-42(36)38-29-35(25-27-40(38)53-41)47-51-45(32-18-9-3-10-19-32)50-46(52-47)33-20-11-4-12-21-33/h1-29H. The van der Waals surface area contributed by atoms with E-state index in [1.165, 1.54) is 0 Å². The largest absolute Gasteiger partial charge is 0.456 e. The van der Waals surface area contributed by atoms with Crippen molar-refractivity contribution in [3.8, 4) is 67.9 Å². The molecule has 0 aliphatic carbocycles. The molecule has 6 heteroatoms. The Balaban J connectivity index is 1.15. The maximum Gasteiger partial charge on any atom is 0.164 e. The molecule has 3 heterocycles. The highest BCUT2D eigenvalue weighted by Crippen LogP contribution is 2.40. The van der Waals surface area contributed by atoms with Crippen molar-refractivity contribution < 1.29 is 4.42 Å². The highest BCUT2D eigenvalue weighted by molar-refractivity contribution is 6.14. The summed E-state index contributed by atoms with van der Waals surface area (Å²) in [6.07, 6.45) is 0. The minimum Gasteiger partial charge on any atom is -0.456 e. The average molecular weight is 680 g/mol. The molecule has 0 N–H and O–H groups in total. The van der Waals surface area contributed by atoms with Crippen LogP contribution in [0.15, 0.2) is 180 Å². The summed E-state index contributed by atoms with van der Waals surface area (Å²) in [7, 11) is 0. The fourth-order valence-corrected chi connectivity index (χ4v) is 6.97. The summed E-state index contributed by atoms with van der Waals surface area (Å²) < 4.78 is 6.46. The fraction of sp³-hybridized carbons (Fsp3) is 0. The van der Waals surface area contributed by atoms with E-state index in [1.54, 1.807) is 0 Å². The molecule has 0 spiro atoms. The van der Waals surface area contributed by atoms with E-state index >= 15 is 0 Å². The molecule has 7 aromatic carbocycles. The van der Waals surface area contributed by atoms with Crippen molar-refractivity contribution in [1.29, 1.82) is 0 Å². The molecule has 248 valence electrons. The second-order valence-electron chi connectivity index (χ2n) is 12.9. The van der Waals surface area contributed by atoms with E-state index in [0.29, 0.717) is 23.3 Å². The van der Waals surface area contributed by atoms with E-state index < -0.39 is 0 Å². The van der Waals surface area contributed by atoms with Crippen LogP contribution in [0.2, 0.25) is 0 Å². The van der Waals surface area contributed by atoms with E-state index in [-0.39, 0.29) is 0 Å². The zero-order valence-corrected chi connectivity index (χ0v) is 28.4. The van der Waals surface area contributed by atoms with Gasteiger partial charge in [-0.3, -0.25) is 0 Å². The van der Waals surface area contributed by atoms with Crippen molar-refractivity contribution in [3.63, 3.8) is 0 Å². The Hall–Kier alpha value is -7.31. The third-order valence-corrected chi connectivity index (χ3v) is 9.54. The first kappa shape index (κ1) is 30.5. The van der Waals surface area contributed by atoms with Crippen molar-refractivity contribution in [2.24, 2.45) is 0 Å². The van der Waals surface area contributed by atoms with Gasteiger partial charge in [0.25, 0.3) is 0 Å². The quantitative estimate of drug-likeness (QED) is 0.174. The Morgan fingerprint density at radius 3 is 1.43 bits per heavy atom. The molecule has 0 aliphatic heterocycles. The molecule has 0 saturated heterocycles. The molecule has 0 aliphatic rings. The number of hydrogen-bond donors (Lipinski definition) is 0. The number of nitrogens with zero attached hydrogens (tertiary/aromatic N) is 5. The third kappa shape index (κ3) is 5.59. The number of rotatable bonds is 6. The molecule has 6 nitrogen and oxygen atoms in total. The van der Waals surface area contributed by atoms with Crippen LogP contribution in [0, 0.1) is 0 Å². The Morgan fingerprint density at radius 2 is 0.830 bits per heavy atom. The van der Waals surface area contributed by atoms with Gasteiger partial charge in [0.15, 0.2) is 23.3 Å². The van der Waals surface area contributed by atoms with Crippen LogP contribution >= 0.6 is 0 Å². The zero-order valence-electron chi connectivity index (χ0n) is 28.4. The van der Waals surface area contributed by atoms with Gasteiger partial charge in [0.05, 0.1) is 11.2 Å². The van der Waals surface area contributed by atoms with E-state index in [2.05, 4.69) is 42.5 Å². The average Bonchev–Trinajstić information content (AvgIpc) is 3.62. The smallest absolute Gasteiger partial charge is 0.164 e. The lowest BCUT2D eigenvalue weighted by Crippen LogP contribution is -2.00. The molecule has 0 bridgehead atoms. The zero-order chi connectivity index (χ0) is 35.1. The monoisotopic (exact) mass is 679 g/mol. The predicted molar refractivity (Wildman–Crippen MR) is 213 cm³/mol. The Bertz CT molecular complexity index is 2870. The van der Waals surface area contributed by atoms with Crippen LogP contribution in [0.25, 0.3) is 101 Å². The van der Waals surface area contributed by atoms with Crippen LogP contribution in [0.5, 0.6) is 0 Å². The van der Waals surface area contributed by atoms with Crippen molar-refractivity contribution in [2.45, 2.75) is 0 Å². The van der Waals surface area contributed by atoms with Crippen molar-refractivity contribution >= 4 is 32.8 Å². The third-order valence-electron chi connectivity index (χ3n) is 9.54. The summed E-state index contributed by atoms with van der Waals surface area (Å²) in [6, 6.07) is 59.3. The summed E-state index contributed by atoms with van der Waals surface area (Å²) in [4.78, 5) is 25.0. The van der Waals surface area contributed by atoms with E-state index in [4.69, 9.17) is 29.3 Å². The van der Waals surface area contributed by atoms with E-state index in [0.717, 1.165) is 77.5 Å². The van der Waals surface area contributed by atoms with Gasteiger partial charge in [-0.1, -0.05) is 140 Å². The molecule has 10 rings (SSSR count). The lowest BCUT2D eigenvalue weighted by Gasteiger charge is -2.12. The molecule has 0 saturated carbocycles. The molecule has 10 aromatic rings. The summed E-state index contributed by atoms with van der Waals surface area (Å²) in [5, 5.41) is 2.98. The van der Waals surface area contributed by atoms with Gasteiger partial charge in [0.1, 0.15) is 11.2 Å². The Kier molecular flexibility index (Phi) is 7.36. The van der Waals surface area contributed by atoms with Gasteiger partial charge in [-0.05, 0) is 47.5 Å². The maximum absolute atomic E-state index is 6.46. The van der Waals surface area contributed by atoms with Crippen molar-refractivity contribution in [3.05, 3.63) is 176 Å². The highest BCUT2D eigenvalue weighted by atomic mass is 16.3. The van der Waals surface area contributed by atoms with E-state index in [9.17, 15) is 0 Å². The van der Waals surface area contributed by atoms with Crippen LogP contribution in [-0.2, 0) is 0 Å². The minimum absolute atomic E-state index is 0.594. The summed E-state index contributed by atoms with van der Waals surface area (Å²) in [5.41, 5.74) is 10.2. The Labute approximate surface area is 305 Å². The van der Waals surface area contributed by atoms with Crippen LogP contribution in [-0.4, -0.2) is 24.9 Å². The second kappa shape index (κ2) is 12.8. The predicted octanol–water partition coefficient (Wildman–Crippen LogP) is 11.7. The van der Waals surface area contributed by atoms with Crippen LogP contribution in [0.3, 0.4) is 0 Å². The molecule has 0 atom stereocenters. The Morgan fingerprint density at radius 1 is 0.321 bits per heavy atom. The topological polar surface area (TPSA) is 77.6 Å². The molecule has 3 aromatic heterocycles. The number of hydrogen-bond acceptors (Lipinski definition) is 6. The van der Waals surface area contributed by atoms with Gasteiger partial charge < -0.3 is 4.42 Å². The van der Waals surface area contributed by atoms with Gasteiger partial charge in [-0.15, -0.1) is 0 Å². The maximum atomic E-state index is 6.46. The van der Waals surface area contributed by atoms with Crippen molar-refractivity contribution in [2.75, 3.05) is 0 Å². The molecule has 0 radical (unpaired) electrons. The fourth-order valence-electron chi connectivity index (χ4n) is 6.97. The number of furan rings is 1. The molecule has 0 amide bonds. The van der Waals surface area contributed by atoms with Crippen LogP contribution in [0.1, 0.15) is 0 Å². The lowest BCUT2D eigenvalue weighted by atomic mass is 9.96. The van der Waals surface area contributed by atoms with Gasteiger partial charge in [-0.2, -0.15) is 0 Å².